The van der Waals surface area contributed by atoms with E-state index in [1.54, 1.807) is 0 Å². The molecule has 2 aromatic rings. The second kappa shape index (κ2) is 4.66. The molecule has 8 heteroatoms. The van der Waals surface area contributed by atoms with Crippen molar-refractivity contribution in [3.8, 4) is 0 Å². The summed E-state index contributed by atoms with van der Waals surface area (Å²) in [5, 5.41) is 11.3. The van der Waals surface area contributed by atoms with Gasteiger partial charge < -0.3 is 4.98 Å². The van der Waals surface area contributed by atoms with Gasteiger partial charge in [0.05, 0.1) is 21.9 Å². The number of nitro benzene ring substituents is 1. The number of sulfone groups is 1. The van der Waals surface area contributed by atoms with Gasteiger partial charge in [-0.05, 0) is 12.5 Å². The number of nitrogens with zero attached hydrogens (tertiary/aromatic N) is 1. The third-order valence-corrected chi connectivity index (χ3v) is 5.51. The lowest BCUT2D eigenvalue weighted by molar-refractivity contribution is -0.384. The summed E-state index contributed by atoms with van der Waals surface area (Å²) in [7, 11) is -3.12. The minimum atomic E-state index is -3.12. The second-order valence-corrected chi connectivity index (χ2v) is 7.38. The highest BCUT2D eigenvalue weighted by atomic mass is 32.2. The Labute approximate surface area is 120 Å². The van der Waals surface area contributed by atoms with Crippen LogP contribution < -0.4 is 0 Å². The molecule has 0 bridgehead atoms. The van der Waals surface area contributed by atoms with E-state index in [4.69, 9.17) is 0 Å². The first kappa shape index (κ1) is 13.7. The van der Waals surface area contributed by atoms with Gasteiger partial charge in [-0.25, -0.2) is 8.42 Å². The van der Waals surface area contributed by atoms with E-state index in [1.165, 1.54) is 24.4 Å². The number of Topliss-reactive ketones (excluding diaryl/α,β-unsaturated/α-hetero) is 1. The van der Waals surface area contributed by atoms with E-state index in [2.05, 4.69) is 4.98 Å². The highest BCUT2D eigenvalue weighted by Crippen LogP contribution is 2.28. The number of hydrogen-bond acceptors (Lipinski definition) is 5. The lowest BCUT2D eigenvalue weighted by atomic mass is 9.97. The fourth-order valence-electron chi connectivity index (χ4n) is 2.65. The van der Waals surface area contributed by atoms with Gasteiger partial charge in [-0.15, -0.1) is 0 Å². The van der Waals surface area contributed by atoms with E-state index in [-0.39, 0.29) is 23.0 Å². The lowest BCUT2D eigenvalue weighted by Gasteiger charge is -2.05. The largest absolute Gasteiger partial charge is 0.360 e. The zero-order chi connectivity index (χ0) is 15.2. The minimum absolute atomic E-state index is 0.0389. The van der Waals surface area contributed by atoms with Gasteiger partial charge in [-0.1, -0.05) is 0 Å². The van der Waals surface area contributed by atoms with E-state index in [0.717, 1.165) is 0 Å². The Morgan fingerprint density at radius 2 is 2.14 bits per heavy atom. The average Bonchev–Trinajstić information content (AvgIpc) is 3.00. The first-order chi connectivity index (χ1) is 9.87. The molecule has 1 unspecified atom stereocenters. The predicted molar refractivity (Wildman–Crippen MR) is 76.0 cm³/mol. The van der Waals surface area contributed by atoms with Crippen LogP contribution >= 0.6 is 0 Å². The number of carbonyl (C=O) groups excluding carboxylic acids is 1. The molecule has 1 saturated heterocycles. The molecule has 1 aliphatic heterocycles. The number of carbonyl (C=O) groups is 1. The fraction of sp³-hybridized carbons (Fsp3) is 0.308. The summed E-state index contributed by atoms with van der Waals surface area (Å²) in [5.74, 6) is -0.830. The summed E-state index contributed by atoms with van der Waals surface area (Å²) in [6.45, 7) is 0. The van der Waals surface area contributed by atoms with Crippen LogP contribution in [0.1, 0.15) is 16.8 Å². The quantitative estimate of drug-likeness (QED) is 0.527. The Kier molecular flexibility index (Phi) is 3.05. The maximum Gasteiger partial charge on any atom is 0.271 e. The van der Waals surface area contributed by atoms with Crippen molar-refractivity contribution < 1.29 is 18.1 Å². The Morgan fingerprint density at radius 3 is 2.76 bits per heavy atom. The van der Waals surface area contributed by atoms with Crippen LogP contribution in [-0.2, 0) is 9.84 Å². The summed E-state index contributed by atoms with van der Waals surface area (Å²) in [6.07, 6.45) is 1.82. The zero-order valence-electron chi connectivity index (χ0n) is 10.9. The molecule has 3 rings (SSSR count). The molecular weight excluding hydrogens is 296 g/mol. The maximum absolute atomic E-state index is 12.4. The standard InChI is InChI=1S/C13H12N2O5S/c16-13(8-3-4-21(19,20)7-8)11-6-14-12-5-9(15(17)18)1-2-10(11)12/h1-2,5-6,8,14H,3-4,7H2. The van der Waals surface area contributed by atoms with E-state index >= 15 is 0 Å². The molecule has 21 heavy (non-hydrogen) atoms. The fourth-order valence-corrected chi connectivity index (χ4v) is 4.39. The van der Waals surface area contributed by atoms with Crippen LogP contribution in [0.2, 0.25) is 0 Å². The van der Waals surface area contributed by atoms with Gasteiger partial charge in [-0.3, -0.25) is 14.9 Å². The molecule has 0 radical (unpaired) electrons. The van der Waals surface area contributed by atoms with E-state index in [0.29, 0.717) is 22.9 Å². The Balaban J connectivity index is 1.98. The molecule has 1 fully saturated rings. The summed E-state index contributed by atoms with van der Waals surface area (Å²) in [4.78, 5) is 25.5. The molecule has 1 atom stereocenters. The Bertz CT molecular complexity index is 853. The van der Waals surface area contributed by atoms with Gasteiger partial charge >= 0.3 is 0 Å². The van der Waals surface area contributed by atoms with Crippen LogP contribution in [0.15, 0.2) is 24.4 Å². The van der Waals surface area contributed by atoms with Crippen molar-refractivity contribution in [3.63, 3.8) is 0 Å². The van der Waals surface area contributed by atoms with Crippen molar-refractivity contribution in [2.24, 2.45) is 5.92 Å². The monoisotopic (exact) mass is 308 g/mol. The number of H-pyrrole nitrogens is 1. The summed E-state index contributed by atoms with van der Waals surface area (Å²) >= 11 is 0. The number of hydrogen-bond donors (Lipinski definition) is 1. The summed E-state index contributed by atoms with van der Waals surface area (Å²) in [6, 6.07) is 4.20. The molecule has 1 aromatic heterocycles. The van der Waals surface area contributed by atoms with Gasteiger partial charge in [0.2, 0.25) is 0 Å². The number of nitrogens with one attached hydrogen (secondary N) is 1. The minimum Gasteiger partial charge on any atom is -0.360 e. The van der Waals surface area contributed by atoms with Crippen molar-refractivity contribution in [1.29, 1.82) is 0 Å². The first-order valence-electron chi connectivity index (χ1n) is 6.37. The topological polar surface area (TPSA) is 110 Å². The third kappa shape index (κ3) is 2.42. The molecule has 0 aliphatic carbocycles. The first-order valence-corrected chi connectivity index (χ1v) is 8.20. The zero-order valence-corrected chi connectivity index (χ0v) is 11.7. The van der Waals surface area contributed by atoms with Gasteiger partial charge in [0.1, 0.15) is 0 Å². The number of fused-ring (bicyclic) bond motifs is 1. The third-order valence-electron chi connectivity index (χ3n) is 3.74. The summed E-state index contributed by atoms with van der Waals surface area (Å²) < 4.78 is 22.9. The van der Waals surface area contributed by atoms with Crippen molar-refractivity contribution in [2.45, 2.75) is 6.42 Å². The van der Waals surface area contributed by atoms with Crippen LogP contribution in [0.4, 0.5) is 5.69 Å². The van der Waals surface area contributed by atoms with Gasteiger partial charge in [0, 0.05) is 35.2 Å². The smallest absolute Gasteiger partial charge is 0.271 e. The Morgan fingerprint density at radius 1 is 1.38 bits per heavy atom. The number of benzene rings is 1. The van der Waals surface area contributed by atoms with E-state index in [9.17, 15) is 23.3 Å². The van der Waals surface area contributed by atoms with Crippen LogP contribution in [0.25, 0.3) is 10.9 Å². The normalized spacial score (nSPS) is 20.7. The van der Waals surface area contributed by atoms with E-state index < -0.39 is 20.7 Å². The molecule has 110 valence electrons. The van der Waals surface area contributed by atoms with E-state index in [1.807, 2.05) is 0 Å². The molecule has 0 spiro atoms. The summed E-state index contributed by atoms with van der Waals surface area (Å²) in [5.41, 5.74) is 0.821. The highest BCUT2D eigenvalue weighted by Gasteiger charge is 2.34. The van der Waals surface area contributed by atoms with Crippen molar-refractivity contribution in [2.75, 3.05) is 11.5 Å². The molecule has 1 aliphatic rings. The van der Waals surface area contributed by atoms with Crippen LogP contribution in [0.5, 0.6) is 0 Å². The van der Waals surface area contributed by atoms with Crippen molar-refractivity contribution >= 4 is 32.2 Å². The number of non-ortho nitro benzene ring substituents is 1. The Hall–Kier alpha value is -2.22. The second-order valence-electron chi connectivity index (χ2n) is 5.15. The molecule has 0 saturated carbocycles. The molecule has 0 amide bonds. The van der Waals surface area contributed by atoms with Gasteiger partial charge in [0.25, 0.3) is 5.69 Å². The molecule has 2 heterocycles. The van der Waals surface area contributed by atoms with Crippen molar-refractivity contribution in [1.82, 2.24) is 4.98 Å². The van der Waals surface area contributed by atoms with Crippen LogP contribution in [0.3, 0.4) is 0 Å². The predicted octanol–water partition coefficient (Wildman–Crippen LogP) is 1.69. The van der Waals surface area contributed by atoms with Gasteiger partial charge in [0.15, 0.2) is 15.6 Å². The van der Waals surface area contributed by atoms with Crippen LogP contribution in [0, 0.1) is 16.0 Å². The SMILES string of the molecule is O=C(c1c[nH]c2cc([N+](=O)[O-])ccc12)C1CCS(=O)(=O)C1. The average molecular weight is 308 g/mol. The van der Waals surface area contributed by atoms with Crippen LogP contribution in [-0.4, -0.2) is 35.6 Å². The number of aromatic amines is 1. The van der Waals surface area contributed by atoms with Gasteiger partial charge in [-0.2, -0.15) is 0 Å². The highest BCUT2D eigenvalue weighted by molar-refractivity contribution is 7.91. The number of nitro groups is 1. The molecule has 7 nitrogen and oxygen atoms in total. The molecular formula is C13H12N2O5S. The molecule has 1 aromatic carbocycles. The maximum atomic E-state index is 12.4. The van der Waals surface area contributed by atoms with Crippen molar-refractivity contribution in [3.05, 3.63) is 40.1 Å². The number of rotatable bonds is 3. The number of ketones is 1. The number of aromatic nitrogens is 1. The molecule has 1 N–H and O–H groups in total. The lowest BCUT2D eigenvalue weighted by Crippen LogP contribution is -2.15.